The Morgan fingerprint density at radius 1 is 1.83 bits per heavy atom. The number of H-pyrrole nitrogens is 1. The van der Waals surface area contributed by atoms with Crippen molar-refractivity contribution in [3.63, 3.8) is 0 Å². The number of aryl methyl sites for hydroxylation is 1. The maximum absolute atomic E-state index is 11.0. The Balaban J connectivity index is 2.85. The van der Waals surface area contributed by atoms with Crippen LogP contribution in [0.1, 0.15) is 5.69 Å². The third-order valence-electron chi connectivity index (χ3n) is 1.19. The Labute approximate surface area is 77.1 Å². The summed E-state index contributed by atoms with van der Waals surface area (Å²) in [5.74, 6) is 0. The van der Waals surface area contributed by atoms with E-state index in [9.17, 15) is 4.79 Å². The number of nitrogens with one attached hydrogen (secondary N) is 1. The second-order valence-corrected chi connectivity index (χ2v) is 4.41. The van der Waals surface area contributed by atoms with Crippen LogP contribution in [0.2, 0.25) is 5.32 Å². The molecular formula is C8H10N2OSe. The van der Waals surface area contributed by atoms with Crippen LogP contribution in [0.3, 0.4) is 0 Å². The molecule has 0 unspecified atom stereocenters. The molecule has 12 heavy (non-hydrogen) atoms. The van der Waals surface area contributed by atoms with E-state index in [-0.39, 0.29) is 20.5 Å². The molecule has 0 radical (unpaired) electrons. The molecule has 1 aromatic rings. The summed E-state index contributed by atoms with van der Waals surface area (Å²) in [6.07, 6.45) is 1.84. The van der Waals surface area contributed by atoms with E-state index in [0.29, 0.717) is 0 Å². The summed E-state index contributed by atoms with van der Waals surface area (Å²) in [5.41, 5.74) is 0.711. The molecule has 0 fully saturated rings. The fraction of sp³-hybridized carbons (Fsp3) is 0.250. The first-order chi connectivity index (χ1) is 5.72. The van der Waals surface area contributed by atoms with Crippen molar-refractivity contribution >= 4 is 19.7 Å². The van der Waals surface area contributed by atoms with Gasteiger partial charge in [-0.15, -0.1) is 0 Å². The van der Waals surface area contributed by atoms with Gasteiger partial charge >= 0.3 is 76.7 Å². The summed E-state index contributed by atoms with van der Waals surface area (Å²) in [5, 5.41) is 0.902. The summed E-state index contributed by atoms with van der Waals surface area (Å²) >= 11 is 0.215. The number of aromatic nitrogens is 2. The van der Waals surface area contributed by atoms with Crippen LogP contribution in [0.4, 0.5) is 0 Å². The fourth-order valence-electron chi connectivity index (χ4n) is 0.758. The Morgan fingerprint density at radius 3 is 3.17 bits per heavy atom. The van der Waals surface area contributed by atoms with Crippen molar-refractivity contribution in [3.05, 3.63) is 34.8 Å². The van der Waals surface area contributed by atoms with Crippen molar-refractivity contribution in [2.75, 3.05) is 0 Å². The third kappa shape index (κ3) is 2.64. The summed E-state index contributed by atoms with van der Waals surface area (Å²) < 4.78 is 0.799. The SMILES string of the molecule is C=CC[Se]c1nc(C)cc(=O)[nH]1. The van der Waals surface area contributed by atoms with Gasteiger partial charge in [0.05, 0.1) is 0 Å². The zero-order chi connectivity index (χ0) is 8.97. The van der Waals surface area contributed by atoms with Crippen molar-refractivity contribution in [1.82, 2.24) is 9.97 Å². The van der Waals surface area contributed by atoms with E-state index in [2.05, 4.69) is 16.5 Å². The van der Waals surface area contributed by atoms with E-state index in [1.54, 1.807) is 0 Å². The quantitative estimate of drug-likeness (QED) is 0.586. The third-order valence-corrected chi connectivity index (χ3v) is 3.01. The Bertz CT molecular complexity index is 332. The fourth-order valence-corrected chi connectivity index (χ4v) is 2.14. The second kappa shape index (κ2) is 4.24. The van der Waals surface area contributed by atoms with Gasteiger partial charge < -0.3 is 0 Å². The van der Waals surface area contributed by atoms with Gasteiger partial charge in [-0.05, 0) is 0 Å². The van der Waals surface area contributed by atoms with Gasteiger partial charge in [0, 0.05) is 0 Å². The number of hydrogen-bond acceptors (Lipinski definition) is 2. The number of nitrogens with zero attached hydrogens (tertiary/aromatic N) is 1. The van der Waals surface area contributed by atoms with Crippen LogP contribution in [0.5, 0.6) is 0 Å². The molecule has 0 spiro atoms. The molecule has 4 heteroatoms. The molecule has 0 bridgehead atoms. The van der Waals surface area contributed by atoms with Gasteiger partial charge in [0.15, 0.2) is 0 Å². The first-order valence-electron chi connectivity index (χ1n) is 3.54. The molecule has 1 aromatic heterocycles. The minimum atomic E-state index is -0.0663. The zero-order valence-electron chi connectivity index (χ0n) is 6.83. The first-order valence-corrected chi connectivity index (χ1v) is 5.61. The van der Waals surface area contributed by atoms with E-state index in [1.807, 2.05) is 13.0 Å². The van der Waals surface area contributed by atoms with Crippen LogP contribution in [0.15, 0.2) is 23.5 Å². The number of aromatic amines is 1. The topological polar surface area (TPSA) is 45.8 Å². The first kappa shape index (κ1) is 9.23. The van der Waals surface area contributed by atoms with Gasteiger partial charge in [-0.3, -0.25) is 0 Å². The van der Waals surface area contributed by atoms with Crippen molar-refractivity contribution < 1.29 is 0 Å². The predicted molar refractivity (Wildman–Crippen MR) is 50.0 cm³/mol. The Morgan fingerprint density at radius 2 is 2.58 bits per heavy atom. The predicted octanol–water partition coefficient (Wildman–Crippen LogP) is 0.0121. The Hall–Kier alpha value is -0.861. The van der Waals surface area contributed by atoms with Crippen LogP contribution >= 0.6 is 0 Å². The van der Waals surface area contributed by atoms with Crippen LogP contribution in [0.25, 0.3) is 0 Å². The standard InChI is InChI=1S/C8H10N2OSe/c1-3-4-12-8-9-6(2)5-7(11)10-8/h3,5H,1,4H2,2H3,(H,9,10,11). The van der Waals surface area contributed by atoms with Gasteiger partial charge in [0.1, 0.15) is 0 Å². The molecule has 0 atom stereocenters. The molecular weight excluding hydrogens is 219 g/mol. The second-order valence-electron chi connectivity index (χ2n) is 2.29. The molecule has 1 heterocycles. The summed E-state index contributed by atoms with van der Waals surface area (Å²) in [6, 6.07) is 1.49. The molecule has 0 saturated heterocycles. The zero-order valence-corrected chi connectivity index (χ0v) is 8.55. The van der Waals surface area contributed by atoms with Crippen LogP contribution in [0, 0.1) is 6.92 Å². The number of rotatable bonds is 3. The van der Waals surface area contributed by atoms with Crippen molar-refractivity contribution in [2.45, 2.75) is 12.2 Å². The van der Waals surface area contributed by atoms with Gasteiger partial charge in [-0.25, -0.2) is 0 Å². The molecule has 0 aliphatic carbocycles. The summed E-state index contributed by atoms with van der Waals surface area (Å²) in [7, 11) is 0. The van der Waals surface area contributed by atoms with Gasteiger partial charge in [0.2, 0.25) is 0 Å². The molecule has 0 aromatic carbocycles. The molecule has 3 nitrogen and oxygen atoms in total. The van der Waals surface area contributed by atoms with Crippen LogP contribution in [-0.2, 0) is 0 Å². The van der Waals surface area contributed by atoms with E-state index >= 15 is 0 Å². The van der Waals surface area contributed by atoms with Crippen molar-refractivity contribution in [1.29, 1.82) is 0 Å². The average Bonchev–Trinajstić information content (AvgIpc) is 1.99. The number of allylic oxidation sites excluding steroid dienone is 1. The summed E-state index contributed by atoms with van der Waals surface area (Å²) in [4.78, 5) is 17.9. The van der Waals surface area contributed by atoms with Crippen LogP contribution in [-0.4, -0.2) is 24.9 Å². The van der Waals surface area contributed by atoms with Crippen molar-refractivity contribution in [3.8, 4) is 0 Å². The van der Waals surface area contributed by atoms with Crippen LogP contribution < -0.4 is 10.3 Å². The van der Waals surface area contributed by atoms with E-state index in [4.69, 9.17) is 0 Å². The summed E-state index contributed by atoms with van der Waals surface area (Å²) in [6.45, 7) is 5.44. The molecule has 0 saturated carbocycles. The minimum absolute atomic E-state index is 0.0663. The molecule has 64 valence electrons. The molecule has 0 aliphatic heterocycles. The molecule has 0 amide bonds. The van der Waals surface area contributed by atoms with Gasteiger partial charge in [0.25, 0.3) is 0 Å². The van der Waals surface area contributed by atoms with E-state index < -0.39 is 0 Å². The normalized spacial score (nSPS) is 9.75. The molecule has 1 N–H and O–H groups in total. The Kier molecular flexibility index (Phi) is 3.26. The monoisotopic (exact) mass is 230 g/mol. The van der Waals surface area contributed by atoms with Gasteiger partial charge in [-0.2, -0.15) is 0 Å². The van der Waals surface area contributed by atoms with Crippen molar-refractivity contribution in [2.24, 2.45) is 0 Å². The maximum atomic E-state index is 11.0. The van der Waals surface area contributed by atoms with E-state index in [1.165, 1.54) is 6.07 Å². The average molecular weight is 229 g/mol. The molecule has 0 aliphatic rings. The number of hydrogen-bond donors (Lipinski definition) is 1. The molecule has 1 rings (SSSR count). The van der Waals surface area contributed by atoms with E-state index in [0.717, 1.165) is 15.7 Å². The van der Waals surface area contributed by atoms with Gasteiger partial charge in [-0.1, -0.05) is 0 Å².